The minimum atomic E-state index is -1.59. The zero-order valence-corrected chi connectivity index (χ0v) is 11.5. The van der Waals surface area contributed by atoms with Gasteiger partial charge in [-0.15, -0.1) is 0 Å². The van der Waals surface area contributed by atoms with Gasteiger partial charge in [0.15, 0.2) is 0 Å². The van der Waals surface area contributed by atoms with Crippen molar-refractivity contribution in [2.45, 2.75) is 31.8 Å². The molecule has 4 heteroatoms. The van der Waals surface area contributed by atoms with Gasteiger partial charge >= 0.3 is 5.97 Å². The van der Waals surface area contributed by atoms with Crippen LogP contribution in [0.5, 0.6) is 0 Å². The number of hydrogen-bond acceptors (Lipinski definition) is 3. The second kappa shape index (κ2) is 4.62. The molecule has 0 aromatic heterocycles. The molecule has 3 nitrogen and oxygen atoms in total. The molecule has 0 radical (unpaired) electrons. The van der Waals surface area contributed by atoms with Crippen LogP contribution in [0, 0.1) is 0 Å². The van der Waals surface area contributed by atoms with Gasteiger partial charge in [0, 0.05) is 6.92 Å². The largest absolute Gasteiger partial charge is 0.463 e. The van der Waals surface area contributed by atoms with E-state index in [1.807, 2.05) is 6.07 Å². The quantitative estimate of drug-likeness (QED) is 0.461. The summed E-state index contributed by atoms with van der Waals surface area (Å²) in [5.74, 6) is -0.238. The van der Waals surface area contributed by atoms with Crippen LogP contribution in [0.15, 0.2) is 30.3 Å². The van der Waals surface area contributed by atoms with Gasteiger partial charge < -0.3 is 9.47 Å². The fraction of sp³-hybridized carbons (Fsp3) is 0.462. The lowest BCUT2D eigenvalue weighted by Crippen LogP contribution is -2.48. The van der Waals surface area contributed by atoms with Crippen molar-refractivity contribution in [2.24, 2.45) is 0 Å². The molecule has 0 spiro atoms. The Bertz CT molecular complexity index is 402. The lowest BCUT2D eigenvalue weighted by Gasteiger charge is -2.20. The van der Waals surface area contributed by atoms with Crippen LogP contribution in [0.2, 0.25) is 13.1 Å². The van der Waals surface area contributed by atoms with E-state index in [0.29, 0.717) is 6.61 Å². The fourth-order valence-electron chi connectivity index (χ4n) is 2.14. The molecule has 0 N–H and O–H groups in total. The molecule has 2 rings (SSSR count). The summed E-state index contributed by atoms with van der Waals surface area (Å²) < 4.78 is 10.7. The Morgan fingerprint density at radius 2 is 2.00 bits per heavy atom. The SMILES string of the molecule is CC(=O)OC[C@@H]1O[C@@H]1[Si](C)(C)c1ccccc1. The monoisotopic (exact) mass is 250 g/mol. The highest BCUT2D eigenvalue weighted by atomic mass is 28.3. The van der Waals surface area contributed by atoms with Gasteiger partial charge in [0.05, 0.1) is 5.73 Å². The molecule has 1 aliphatic rings. The second-order valence-electron chi connectivity index (χ2n) is 4.99. The second-order valence-corrected chi connectivity index (χ2v) is 9.58. The number of hydrogen-bond donors (Lipinski definition) is 0. The van der Waals surface area contributed by atoms with E-state index >= 15 is 0 Å². The number of ether oxygens (including phenoxy) is 2. The van der Waals surface area contributed by atoms with Crippen LogP contribution in [-0.2, 0) is 14.3 Å². The summed E-state index contributed by atoms with van der Waals surface area (Å²) in [6.45, 7) is 6.40. The lowest BCUT2D eigenvalue weighted by molar-refractivity contribution is -0.141. The highest BCUT2D eigenvalue weighted by Gasteiger charge is 2.52. The molecule has 1 saturated heterocycles. The summed E-state index contributed by atoms with van der Waals surface area (Å²) in [5.41, 5.74) is 0.268. The van der Waals surface area contributed by atoms with Gasteiger partial charge in [-0.05, 0) is 0 Å². The molecule has 0 aliphatic carbocycles. The van der Waals surface area contributed by atoms with Crippen LogP contribution in [0.4, 0.5) is 0 Å². The third-order valence-corrected chi connectivity index (χ3v) is 7.01. The van der Waals surface area contributed by atoms with Crippen molar-refractivity contribution >= 4 is 19.2 Å². The number of epoxide rings is 1. The van der Waals surface area contributed by atoms with Gasteiger partial charge in [0.2, 0.25) is 0 Å². The van der Waals surface area contributed by atoms with E-state index in [9.17, 15) is 4.79 Å². The molecule has 1 fully saturated rings. The molecule has 0 unspecified atom stereocenters. The summed E-state index contributed by atoms with van der Waals surface area (Å²) in [7, 11) is -1.59. The van der Waals surface area contributed by atoms with Gasteiger partial charge in [-0.25, -0.2) is 0 Å². The van der Waals surface area contributed by atoms with Crippen LogP contribution in [-0.4, -0.2) is 32.5 Å². The first kappa shape index (κ1) is 12.3. The molecule has 2 atom stereocenters. The average molecular weight is 250 g/mol. The van der Waals surface area contributed by atoms with Crippen molar-refractivity contribution in [3.8, 4) is 0 Å². The van der Waals surface area contributed by atoms with Gasteiger partial charge in [-0.3, -0.25) is 4.79 Å². The summed E-state index contributed by atoms with van der Waals surface area (Å²) >= 11 is 0. The van der Waals surface area contributed by atoms with E-state index in [1.165, 1.54) is 12.1 Å². The predicted molar refractivity (Wildman–Crippen MR) is 68.9 cm³/mol. The Hall–Kier alpha value is -1.13. The number of carbonyl (C=O) groups excluding carboxylic acids is 1. The molecule has 0 amide bonds. The Labute approximate surface area is 103 Å². The molecular weight excluding hydrogens is 232 g/mol. The van der Waals surface area contributed by atoms with Crippen molar-refractivity contribution < 1.29 is 14.3 Å². The van der Waals surface area contributed by atoms with E-state index < -0.39 is 8.07 Å². The van der Waals surface area contributed by atoms with Crippen LogP contribution in [0.1, 0.15) is 6.92 Å². The van der Waals surface area contributed by atoms with E-state index in [1.54, 1.807) is 0 Å². The van der Waals surface area contributed by atoms with E-state index in [0.717, 1.165) is 0 Å². The number of carbonyl (C=O) groups is 1. The Morgan fingerprint density at radius 1 is 1.35 bits per heavy atom. The summed E-state index contributed by atoms with van der Waals surface area (Å²) in [5, 5.41) is 1.38. The smallest absolute Gasteiger partial charge is 0.302 e. The van der Waals surface area contributed by atoms with Gasteiger partial charge in [-0.1, -0.05) is 48.6 Å². The first-order valence-corrected chi connectivity index (χ1v) is 8.94. The molecule has 0 saturated carbocycles. The van der Waals surface area contributed by atoms with Gasteiger partial charge in [-0.2, -0.15) is 0 Å². The zero-order chi connectivity index (χ0) is 12.5. The van der Waals surface area contributed by atoms with Crippen LogP contribution >= 0.6 is 0 Å². The minimum Gasteiger partial charge on any atom is -0.463 e. The van der Waals surface area contributed by atoms with E-state index in [4.69, 9.17) is 9.47 Å². The maximum Gasteiger partial charge on any atom is 0.302 e. The molecule has 17 heavy (non-hydrogen) atoms. The molecule has 0 bridgehead atoms. The van der Waals surface area contributed by atoms with Crippen molar-refractivity contribution in [3.05, 3.63) is 30.3 Å². The standard InChI is InChI=1S/C13H18O3Si/c1-10(14)15-9-12-13(16-12)17(2,3)11-7-5-4-6-8-11/h4-8,12-13H,9H2,1-3H3/t12-,13+/m0/s1. The van der Waals surface area contributed by atoms with Crippen molar-refractivity contribution in [1.29, 1.82) is 0 Å². The molecule has 1 aromatic rings. The molecule has 1 heterocycles. The molecule has 1 aliphatic heterocycles. The number of esters is 1. The predicted octanol–water partition coefficient (Wildman–Crippen LogP) is 1.47. The van der Waals surface area contributed by atoms with E-state index in [-0.39, 0.29) is 17.8 Å². The molecule has 1 aromatic carbocycles. The average Bonchev–Trinajstić information content (AvgIpc) is 3.07. The normalized spacial score (nSPS) is 23.2. The Kier molecular flexibility index (Phi) is 3.35. The highest BCUT2D eigenvalue weighted by Crippen LogP contribution is 2.31. The van der Waals surface area contributed by atoms with Crippen LogP contribution < -0.4 is 5.19 Å². The van der Waals surface area contributed by atoms with Crippen LogP contribution in [0.25, 0.3) is 0 Å². The zero-order valence-electron chi connectivity index (χ0n) is 10.5. The minimum absolute atomic E-state index is 0.0979. The van der Waals surface area contributed by atoms with E-state index in [2.05, 4.69) is 37.4 Å². The summed E-state index contributed by atoms with van der Waals surface area (Å²) in [6.07, 6.45) is 0.0979. The van der Waals surface area contributed by atoms with Crippen LogP contribution in [0.3, 0.4) is 0 Å². The number of benzene rings is 1. The highest BCUT2D eigenvalue weighted by molar-refractivity contribution is 6.91. The fourth-order valence-corrected chi connectivity index (χ4v) is 5.06. The summed E-state index contributed by atoms with van der Waals surface area (Å²) in [4.78, 5) is 10.7. The number of rotatable bonds is 4. The topological polar surface area (TPSA) is 38.8 Å². The van der Waals surface area contributed by atoms with Gasteiger partial charge in [0.25, 0.3) is 0 Å². The summed E-state index contributed by atoms with van der Waals surface area (Å²) in [6, 6.07) is 10.5. The first-order valence-electron chi connectivity index (χ1n) is 5.86. The Morgan fingerprint density at radius 3 is 2.59 bits per heavy atom. The third-order valence-electron chi connectivity index (χ3n) is 3.26. The third kappa shape index (κ3) is 2.76. The Balaban J connectivity index is 1.97. The lowest BCUT2D eigenvalue weighted by atomic mass is 10.4. The van der Waals surface area contributed by atoms with Crippen molar-refractivity contribution in [2.75, 3.05) is 6.61 Å². The van der Waals surface area contributed by atoms with Gasteiger partial charge in [0.1, 0.15) is 20.8 Å². The molecule has 92 valence electrons. The molecular formula is C13H18O3Si. The maximum atomic E-state index is 10.7. The van der Waals surface area contributed by atoms with Crippen molar-refractivity contribution in [1.82, 2.24) is 0 Å². The van der Waals surface area contributed by atoms with Crippen molar-refractivity contribution in [3.63, 3.8) is 0 Å². The first-order chi connectivity index (χ1) is 8.01. The maximum absolute atomic E-state index is 10.7.